The van der Waals surface area contributed by atoms with Crippen molar-refractivity contribution in [3.05, 3.63) is 24.3 Å². The quantitative estimate of drug-likeness (QED) is 0.0970. The van der Waals surface area contributed by atoms with Crippen molar-refractivity contribution in [1.29, 1.82) is 0 Å². The molecule has 0 radical (unpaired) electrons. The van der Waals surface area contributed by atoms with Crippen molar-refractivity contribution in [2.45, 2.75) is 163 Å². The van der Waals surface area contributed by atoms with Crippen molar-refractivity contribution in [3.8, 4) is 0 Å². The van der Waals surface area contributed by atoms with Crippen LogP contribution in [0.15, 0.2) is 24.3 Å². The summed E-state index contributed by atoms with van der Waals surface area (Å²) in [7, 11) is -6.36. The molecule has 0 rings (SSSR count). The number of hydrogen-bond acceptors (Lipinski definition) is 5. The van der Waals surface area contributed by atoms with Gasteiger partial charge in [-0.1, -0.05) is 108 Å². The van der Waals surface area contributed by atoms with Gasteiger partial charge in [0.1, 0.15) is 0 Å². The maximum absolute atomic E-state index is 11.7. The zero-order valence-electron chi connectivity index (χ0n) is 32.2. The molecule has 0 saturated heterocycles. The fraction of sp³-hybridized carbons (Fsp3) is 0.857. The van der Waals surface area contributed by atoms with Crippen molar-refractivity contribution >= 4 is 30.9 Å². The van der Waals surface area contributed by atoms with Crippen molar-refractivity contribution in [2.24, 2.45) is 29.4 Å². The second kappa shape index (κ2) is 16.0. The lowest BCUT2D eigenvalue weighted by molar-refractivity contribution is -0.113. The smallest absolute Gasteiger partial charge is 0.241 e. The number of carbonyl (C=O) groups excluding carboxylic acids is 1. The third-order valence-corrected chi connectivity index (χ3v) is 24.4. The molecule has 260 valence electrons. The van der Waals surface area contributed by atoms with Crippen LogP contribution in [-0.2, 0) is 18.1 Å². The standard InChI is InChI=1S/C35H73NO5Si3/c1-25(22-20-21-23-29(36)37)30(38)27(3)32(41-44(18,19)35(11,12)13)28(4)31(40-43(16,17)34(8,9)10)26(2)24-39-42(14,15)33(5,6)7/h20-23,25-28,30-32,38H,24H2,1-19H3,(H2,36,37)/b22-20+,23-21-/t25-,26+,27+,28-,30-,31+,32+/m0/s1. The first kappa shape index (κ1) is 43.4. The molecule has 0 aliphatic heterocycles. The number of hydrogen-bond donors (Lipinski definition) is 2. The van der Waals surface area contributed by atoms with Crippen LogP contribution >= 0.6 is 0 Å². The van der Waals surface area contributed by atoms with E-state index in [0.29, 0.717) is 6.61 Å². The highest BCUT2D eigenvalue weighted by Gasteiger charge is 2.48. The Morgan fingerprint density at radius 2 is 1.11 bits per heavy atom. The number of primary amides is 1. The third-order valence-electron chi connectivity index (χ3n) is 11.0. The predicted molar refractivity (Wildman–Crippen MR) is 197 cm³/mol. The van der Waals surface area contributed by atoms with Crippen molar-refractivity contribution in [1.82, 2.24) is 0 Å². The summed E-state index contributed by atoms with van der Waals surface area (Å²) < 4.78 is 21.4. The van der Waals surface area contributed by atoms with Crippen LogP contribution in [0, 0.1) is 23.7 Å². The average Bonchev–Trinajstić information content (AvgIpc) is 2.83. The number of amides is 1. The first-order valence-electron chi connectivity index (χ1n) is 16.7. The van der Waals surface area contributed by atoms with Crippen LogP contribution in [0.4, 0.5) is 0 Å². The van der Waals surface area contributed by atoms with Gasteiger partial charge < -0.3 is 24.1 Å². The van der Waals surface area contributed by atoms with Crippen molar-refractivity contribution in [3.63, 3.8) is 0 Å². The van der Waals surface area contributed by atoms with E-state index in [1.807, 2.05) is 13.0 Å². The third kappa shape index (κ3) is 12.6. The molecule has 0 aliphatic rings. The van der Waals surface area contributed by atoms with Gasteiger partial charge in [-0.3, -0.25) is 4.79 Å². The maximum Gasteiger partial charge on any atom is 0.241 e. The molecule has 0 spiro atoms. The molecule has 0 bridgehead atoms. The van der Waals surface area contributed by atoms with Gasteiger partial charge in [0.05, 0.1) is 18.3 Å². The van der Waals surface area contributed by atoms with E-state index in [4.69, 9.17) is 19.0 Å². The zero-order chi connectivity index (χ0) is 35.3. The fourth-order valence-electron chi connectivity index (χ4n) is 4.48. The molecule has 44 heavy (non-hydrogen) atoms. The number of allylic oxidation sites excluding steroid dienone is 2. The molecule has 3 N–H and O–H groups in total. The molecule has 0 fully saturated rings. The van der Waals surface area contributed by atoms with Gasteiger partial charge >= 0.3 is 0 Å². The Balaban J connectivity index is 6.81. The summed E-state index contributed by atoms with van der Waals surface area (Å²) in [6, 6.07) is 0. The normalized spacial score (nSPS) is 19.5. The maximum atomic E-state index is 11.7. The Morgan fingerprint density at radius 3 is 1.50 bits per heavy atom. The summed E-state index contributed by atoms with van der Waals surface area (Å²) >= 11 is 0. The van der Waals surface area contributed by atoms with Crippen LogP contribution < -0.4 is 5.73 Å². The Bertz CT molecular complexity index is 957. The lowest BCUT2D eigenvalue weighted by atomic mass is 9.80. The zero-order valence-corrected chi connectivity index (χ0v) is 35.2. The molecule has 0 heterocycles. The molecule has 7 atom stereocenters. The molecule has 9 heteroatoms. The van der Waals surface area contributed by atoms with Gasteiger partial charge in [0, 0.05) is 36.4 Å². The molecule has 0 aromatic rings. The second-order valence-corrected chi connectivity index (χ2v) is 32.3. The number of aliphatic hydroxyl groups is 1. The van der Waals surface area contributed by atoms with E-state index in [1.54, 1.807) is 12.2 Å². The summed E-state index contributed by atoms with van der Waals surface area (Å²) in [6.45, 7) is 43.6. The van der Waals surface area contributed by atoms with E-state index in [1.165, 1.54) is 6.08 Å². The lowest BCUT2D eigenvalue weighted by Gasteiger charge is -2.49. The minimum absolute atomic E-state index is 0.00635. The van der Waals surface area contributed by atoms with Gasteiger partial charge in [0.2, 0.25) is 5.91 Å². The SMILES string of the molecule is C[C@H]([C@@H](O)[C@@H](C)/C=C/C=C\C(N)=O)[C@@H](O[Si](C)(C)C(C)(C)C)[C@@H](C)[C@H](O[Si](C)(C)C(C)(C)C)[C@H](C)CO[Si](C)(C)C(C)(C)C. The van der Waals surface area contributed by atoms with Crippen LogP contribution in [0.25, 0.3) is 0 Å². The van der Waals surface area contributed by atoms with Gasteiger partial charge in [0.25, 0.3) is 0 Å². The van der Waals surface area contributed by atoms with Crippen molar-refractivity contribution in [2.75, 3.05) is 6.61 Å². The minimum atomic E-state index is -2.23. The Labute approximate surface area is 276 Å². The topological polar surface area (TPSA) is 91.0 Å². The monoisotopic (exact) mass is 671 g/mol. The molecule has 0 unspecified atom stereocenters. The van der Waals surface area contributed by atoms with E-state index < -0.39 is 37.0 Å². The van der Waals surface area contributed by atoms with Gasteiger partial charge in [-0.2, -0.15) is 0 Å². The molecule has 6 nitrogen and oxygen atoms in total. The minimum Gasteiger partial charge on any atom is -0.416 e. The van der Waals surface area contributed by atoms with Crippen LogP contribution in [0.3, 0.4) is 0 Å². The Kier molecular flexibility index (Phi) is 15.8. The number of nitrogens with two attached hydrogens (primary N) is 1. The Hall–Kier alpha value is -0.559. The van der Waals surface area contributed by atoms with E-state index in [0.717, 1.165) is 0 Å². The van der Waals surface area contributed by atoms with Gasteiger partial charge in [0.15, 0.2) is 25.0 Å². The highest BCUT2D eigenvalue weighted by molar-refractivity contribution is 6.75. The molecule has 1 amide bonds. The molecule has 0 aromatic carbocycles. The first-order chi connectivity index (χ1) is 19.4. The molecular weight excluding hydrogens is 599 g/mol. The van der Waals surface area contributed by atoms with Gasteiger partial charge in [-0.25, -0.2) is 0 Å². The molecule has 0 aliphatic carbocycles. The van der Waals surface area contributed by atoms with Crippen LogP contribution in [0.1, 0.15) is 90.0 Å². The number of aliphatic hydroxyl groups excluding tert-OH is 1. The highest BCUT2D eigenvalue weighted by atomic mass is 28.4. The summed E-state index contributed by atoms with van der Waals surface area (Å²) in [6.07, 6.45) is 5.66. The largest absolute Gasteiger partial charge is 0.416 e. The molecule has 0 saturated carbocycles. The number of carbonyl (C=O) groups is 1. The summed E-state index contributed by atoms with van der Waals surface area (Å²) in [5.74, 6) is -0.671. The van der Waals surface area contributed by atoms with E-state index in [9.17, 15) is 9.90 Å². The molecule has 0 aromatic heterocycles. The van der Waals surface area contributed by atoms with Crippen LogP contribution in [0.2, 0.25) is 54.4 Å². The fourth-order valence-corrected chi connectivity index (χ4v) is 8.54. The van der Waals surface area contributed by atoms with Crippen molar-refractivity contribution < 1.29 is 23.2 Å². The summed E-state index contributed by atoms with van der Waals surface area (Å²) in [5, 5.41) is 11.9. The van der Waals surface area contributed by atoms with E-state index in [-0.39, 0.29) is 51.0 Å². The molecular formula is C35H73NO5Si3. The second-order valence-electron chi connectivity index (χ2n) is 17.9. The number of rotatable bonds is 16. The van der Waals surface area contributed by atoms with E-state index in [2.05, 4.69) is 122 Å². The average molecular weight is 672 g/mol. The summed E-state index contributed by atoms with van der Waals surface area (Å²) in [4.78, 5) is 11.1. The lowest BCUT2D eigenvalue weighted by Crippen LogP contribution is -2.55. The van der Waals surface area contributed by atoms with Gasteiger partial charge in [-0.05, 0) is 54.4 Å². The van der Waals surface area contributed by atoms with Gasteiger partial charge in [-0.15, -0.1) is 0 Å². The highest BCUT2D eigenvalue weighted by Crippen LogP contribution is 2.44. The summed E-state index contributed by atoms with van der Waals surface area (Å²) in [5.41, 5.74) is 5.24. The van der Waals surface area contributed by atoms with Crippen LogP contribution in [-0.4, -0.2) is 60.9 Å². The van der Waals surface area contributed by atoms with Crippen LogP contribution in [0.5, 0.6) is 0 Å². The predicted octanol–water partition coefficient (Wildman–Crippen LogP) is 9.29. The Morgan fingerprint density at radius 1 is 0.705 bits per heavy atom. The van der Waals surface area contributed by atoms with E-state index >= 15 is 0 Å². The first-order valence-corrected chi connectivity index (χ1v) is 25.4.